The van der Waals surface area contributed by atoms with Crippen LogP contribution in [0.2, 0.25) is 5.02 Å². The molecule has 32 heavy (non-hydrogen) atoms. The first-order valence-corrected chi connectivity index (χ1v) is 11.8. The Labute approximate surface area is 198 Å². The van der Waals surface area contributed by atoms with E-state index in [9.17, 15) is 4.79 Å². The molecule has 4 rings (SSSR count). The second kappa shape index (κ2) is 10.2. The van der Waals surface area contributed by atoms with Gasteiger partial charge < -0.3 is 9.47 Å². The quantitative estimate of drug-likeness (QED) is 0.250. The van der Waals surface area contributed by atoms with Gasteiger partial charge in [-0.3, -0.25) is 9.36 Å². The molecule has 10 heteroatoms. The van der Waals surface area contributed by atoms with Gasteiger partial charge in [0.1, 0.15) is 23.7 Å². The number of aryl methyl sites for hydroxylation is 1. The monoisotopic (exact) mass is 486 g/mol. The Bertz CT molecular complexity index is 1240. The fraction of sp³-hybridized carbons (Fsp3) is 0.182. The summed E-state index contributed by atoms with van der Waals surface area (Å²) in [5, 5.41) is 12.0. The number of carbonyl (C=O) groups is 1. The summed E-state index contributed by atoms with van der Waals surface area (Å²) in [7, 11) is 1.63. The van der Waals surface area contributed by atoms with Gasteiger partial charge in [-0.05, 0) is 36.8 Å². The zero-order chi connectivity index (χ0) is 22.5. The lowest BCUT2D eigenvalue weighted by Crippen LogP contribution is -2.08. The first kappa shape index (κ1) is 22.3. The van der Waals surface area contributed by atoms with Gasteiger partial charge in [-0.1, -0.05) is 41.6 Å². The van der Waals surface area contributed by atoms with Crippen LogP contribution >= 0.6 is 34.7 Å². The van der Waals surface area contributed by atoms with Crippen LogP contribution in [0.15, 0.2) is 59.3 Å². The molecule has 0 spiro atoms. The number of thiazole rings is 1. The minimum absolute atomic E-state index is 0.0990. The first-order chi connectivity index (χ1) is 15.5. The molecule has 0 saturated heterocycles. The van der Waals surface area contributed by atoms with Crippen molar-refractivity contribution in [3.8, 4) is 22.0 Å². The summed E-state index contributed by atoms with van der Waals surface area (Å²) in [5.74, 6) is 0.487. The largest absolute Gasteiger partial charge is 0.496 e. The lowest BCUT2D eigenvalue weighted by Gasteiger charge is -2.08. The standard InChI is InChI=1S/C22H19ClN4O3S2/c1-14-7-8-16(9-18(14)23)27-13-24-26-22(27)32-12-20(28)30-10-15-11-31-21(25-15)17-5-3-4-6-19(17)29-2/h3-9,11,13H,10,12H2,1-2H3. The molecule has 0 atom stereocenters. The molecule has 0 aliphatic carbocycles. The second-order valence-corrected chi connectivity index (χ2v) is 8.92. The molecule has 4 aromatic rings. The predicted octanol–water partition coefficient (Wildman–Crippen LogP) is 5.20. The summed E-state index contributed by atoms with van der Waals surface area (Å²) < 4.78 is 12.6. The smallest absolute Gasteiger partial charge is 0.316 e. The molecule has 2 aromatic carbocycles. The van der Waals surface area contributed by atoms with E-state index in [1.165, 1.54) is 23.1 Å². The summed E-state index contributed by atoms with van der Waals surface area (Å²) in [6, 6.07) is 13.4. The third-order valence-corrected chi connectivity index (χ3v) is 6.79. The van der Waals surface area contributed by atoms with Gasteiger partial charge >= 0.3 is 5.97 Å². The molecule has 0 unspecified atom stereocenters. The number of esters is 1. The average Bonchev–Trinajstić information content (AvgIpc) is 3.48. The number of para-hydroxylation sites is 1. The van der Waals surface area contributed by atoms with Gasteiger partial charge in [-0.25, -0.2) is 4.98 Å². The third-order valence-electron chi connectivity index (χ3n) is 4.54. The lowest BCUT2D eigenvalue weighted by atomic mass is 10.2. The Morgan fingerprint density at radius 1 is 1.25 bits per heavy atom. The van der Waals surface area contributed by atoms with Crippen molar-refractivity contribution in [3.63, 3.8) is 0 Å². The van der Waals surface area contributed by atoms with Crippen LogP contribution < -0.4 is 4.74 Å². The van der Waals surface area contributed by atoms with Crippen LogP contribution in [0.1, 0.15) is 11.3 Å². The molecule has 0 amide bonds. The Kier molecular flexibility index (Phi) is 7.09. The molecule has 0 aliphatic heterocycles. The zero-order valence-electron chi connectivity index (χ0n) is 17.3. The van der Waals surface area contributed by atoms with Crippen LogP contribution in [0.5, 0.6) is 5.75 Å². The molecule has 7 nitrogen and oxygen atoms in total. The molecular formula is C22H19ClN4O3S2. The van der Waals surface area contributed by atoms with Crippen molar-refractivity contribution in [2.45, 2.75) is 18.7 Å². The topological polar surface area (TPSA) is 79.1 Å². The summed E-state index contributed by atoms with van der Waals surface area (Å²) in [5.41, 5.74) is 3.40. The van der Waals surface area contributed by atoms with Crippen LogP contribution in [0.25, 0.3) is 16.3 Å². The van der Waals surface area contributed by atoms with Crippen LogP contribution in [-0.2, 0) is 16.1 Å². The Hall–Kier alpha value is -2.88. The molecule has 0 bridgehead atoms. The molecule has 0 aliphatic rings. The number of ether oxygens (including phenoxy) is 2. The maximum absolute atomic E-state index is 12.3. The molecule has 164 valence electrons. The van der Waals surface area contributed by atoms with E-state index < -0.39 is 0 Å². The van der Waals surface area contributed by atoms with Gasteiger partial charge in [-0.15, -0.1) is 21.5 Å². The molecule has 0 saturated carbocycles. The van der Waals surface area contributed by atoms with Crippen molar-refractivity contribution < 1.29 is 14.3 Å². The van der Waals surface area contributed by atoms with Crippen molar-refractivity contribution in [1.82, 2.24) is 19.7 Å². The van der Waals surface area contributed by atoms with Gasteiger partial charge in [-0.2, -0.15) is 0 Å². The third kappa shape index (κ3) is 5.12. The van der Waals surface area contributed by atoms with Crippen molar-refractivity contribution in [3.05, 3.63) is 70.5 Å². The van der Waals surface area contributed by atoms with Crippen molar-refractivity contribution in [2.75, 3.05) is 12.9 Å². The highest BCUT2D eigenvalue weighted by atomic mass is 35.5. The molecule has 0 radical (unpaired) electrons. The number of hydrogen-bond donors (Lipinski definition) is 0. The number of thioether (sulfide) groups is 1. The summed E-state index contributed by atoms with van der Waals surface area (Å²) in [6.45, 7) is 2.04. The SMILES string of the molecule is COc1ccccc1-c1nc(COC(=O)CSc2nncn2-c2ccc(C)c(Cl)c2)cs1. The predicted molar refractivity (Wildman–Crippen MR) is 126 cm³/mol. The van der Waals surface area contributed by atoms with Gasteiger partial charge in [0.25, 0.3) is 0 Å². The van der Waals surface area contributed by atoms with E-state index in [4.69, 9.17) is 21.1 Å². The molecule has 0 fully saturated rings. The van der Waals surface area contributed by atoms with E-state index in [1.54, 1.807) is 18.0 Å². The van der Waals surface area contributed by atoms with Gasteiger partial charge in [0.2, 0.25) is 0 Å². The van der Waals surface area contributed by atoms with Crippen LogP contribution in [0.4, 0.5) is 0 Å². The maximum Gasteiger partial charge on any atom is 0.316 e. The van der Waals surface area contributed by atoms with Crippen LogP contribution in [0, 0.1) is 6.92 Å². The van der Waals surface area contributed by atoms with Gasteiger partial charge in [0.05, 0.1) is 29.8 Å². The van der Waals surface area contributed by atoms with Crippen molar-refractivity contribution >= 4 is 40.7 Å². The Balaban J connectivity index is 1.34. The van der Waals surface area contributed by atoms with Crippen molar-refractivity contribution in [2.24, 2.45) is 0 Å². The Morgan fingerprint density at radius 3 is 2.91 bits per heavy atom. The number of carbonyl (C=O) groups excluding carboxylic acids is 1. The number of rotatable bonds is 8. The highest BCUT2D eigenvalue weighted by molar-refractivity contribution is 7.99. The van der Waals surface area contributed by atoms with Crippen LogP contribution in [0.3, 0.4) is 0 Å². The molecular weight excluding hydrogens is 468 g/mol. The fourth-order valence-corrected chi connectivity index (χ4v) is 4.60. The average molecular weight is 487 g/mol. The molecule has 2 heterocycles. The number of halogens is 1. The summed E-state index contributed by atoms with van der Waals surface area (Å²) >= 11 is 8.94. The van der Waals surface area contributed by atoms with E-state index in [1.807, 2.05) is 54.8 Å². The lowest BCUT2D eigenvalue weighted by molar-refractivity contribution is -0.141. The number of hydrogen-bond acceptors (Lipinski definition) is 8. The summed E-state index contributed by atoms with van der Waals surface area (Å²) in [4.78, 5) is 16.8. The van der Waals surface area contributed by atoms with E-state index in [0.29, 0.717) is 15.9 Å². The fourth-order valence-electron chi connectivity index (χ4n) is 2.87. The number of methoxy groups -OCH3 is 1. The first-order valence-electron chi connectivity index (χ1n) is 9.58. The van der Waals surface area contributed by atoms with E-state index in [0.717, 1.165) is 27.6 Å². The normalized spacial score (nSPS) is 10.8. The van der Waals surface area contributed by atoms with E-state index in [2.05, 4.69) is 15.2 Å². The minimum Gasteiger partial charge on any atom is -0.496 e. The van der Waals surface area contributed by atoms with E-state index >= 15 is 0 Å². The highest BCUT2D eigenvalue weighted by Crippen LogP contribution is 2.32. The van der Waals surface area contributed by atoms with Crippen LogP contribution in [-0.4, -0.2) is 38.6 Å². The minimum atomic E-state index is -0.363. The highest BCUT2D eigenvalue weighted by Gasteiger charge is 2.14. The maximum atomic E-state index is 12.3. The van der Waals surface area contributed by atoms with Gasteiger partial charge in [0, 0.05) is 10.4 Å². The number of benzene rings is 2. The number of nitrogens with zero attached hydrogens (tertiary/aromatic N) is 4. The number of aromatic nitrogens is 4. The second-order valence-electron chi connectivity index (χ2n) is 6.71. The molecule has 0 N–H and O–H groups in total. The Morgan fingerprint density at radius 2 is 2.09 bits per heavy atom. The summed E-state index contributed by atoms with van der Waals surface area (Å²) in [6.07, 6.45) is 1.59. The zero-order valence-corrected chi connectivity index (χ0v) is 19.7. The molecule has 2 aromatic heterocycles. The van der Waals surface area contributed by atoms with Gasteiger partial charge in [0.15, 0.2) is 5.16 Å². The van der Waals surface area contributed by atoms with E-state index in [-0.39, 0.29) is 18.3 Å². The van der Waals surface area contributed by atoms with Crippen molar-refractivity contribution in [1.29, 1.82) is 0 Å².